The molecule has 116 valence electrons. The van der Waals surface area contributed by atoms with Gasteiger partial charge in [0.05, 0.1) is 11.5 Å². The van der Waals surface area contributed by atoms with Gasteiger partial charge >= 0.3 is 5.69 Å². The Bertz CT molecular complexity index is 517. The number of benzene rings is 1. The second kappa shape index (κ2) is 6.30. The average Bonchev–Trinajstić information content (AvgIpc) is 2.43. The molecule has 0 aliphatic carbocycles. The first-order chi connectivity index (χ1) is 9.93. The first kappa shape index (κ1) is 15.6. The number of ether oxygens (including phenoxy) is 1. The van der Waals surface area contributed by atoms with E-state index in [4.69, 9.17) is 4.74 Å². The van der Waals surface area contributed by atoms with Crippen LogP contribution < -0.4 is 15.0 Å². The highest BCUT2D eigenvalue weighted by molar-refractivity contribution is 5.59. The van der Waals surface area contributed by atoms with Crippen molar-refractivity contribution in [1.29, 1.82) is 0 Å². The van der Waals surface area contributed by atoms with Crippen molar-refractivity contribution in [2.45, 2.75) is 32.7 Å². The number of hydrogen-bond acceptors (Lipinski definition) is 5. The standard InChI is InChI=1S/C15H23N3O3/c1-4-9-21-14-10-12(5-6-13(14)18(19)20)17-8-7-16-15(2,3)11-17/h5-6,10,16H,4,7-9,11H2,1-3H3. The van der Waals surface area contributed by atoms with Crippen molar-refractivity contribution in [3.63, 3.8) is 0 Å². The molecule has 1 saturated heterocycles. The lowest BCUT2D eigenvalue weighted by Gasteiger charge is -2.40. The zero-order chi connectivity index (χ0) is 15.5. The van der Waals surface area contributed by atoms with Gasteiger partial charge in [0.25, 0.3) is 0 Å². The van der Waals surface area contributed by atoms with Gasteiger partial charge < -0.3 is 15.0 Å². The van der Waals surface area contributed by atoms with Gasteiger partial charge in [-0.25, -0.2) is 0 Å². The van der Waals surface area contributed by atoms with Crippen LogP contribution in [0, 0.1) is 10.1 Å². The van der Waals surface area contributed by atoms with E-state index in [0.717, 1.165) is 31.7 Å². The van der Waals surface area contributed by atoms with Gasteiger partial charge in [-0.2, -0.15) is 0 Å². The van der Waals surface area contributed by atoms with Gasteiger partial charge in [-0.05, 0) is 26.3 Å². The molecule has 1 N–H and O–H groups in total. The highest BCUT2D eigenvalue weighted by atomic mass is 16.6. The van der Waals surface area contributed by atoms with Gasteiger partial charge in [-0.15, -0.1) is 0 Å². The predicted octanol–water partition coefficient (Wildman–Crippen LogP) is 2.57. The summed E-state index contributed by atoms with van der Waals surface area (Å²) in [5.41, 5.74) is 1.03. The molecule has 0 saturated carbocycles. The minimum absolute atomic E-state index is 0.0293. The van der Waals surface area contributed by atoms with Crippen LogP contribution >= 0.6 is 0 Å². The molecule has 1 aromatic carbocycles. The first-order valence-electron chi connectivity index (χ1n) is 7.34. The third kappa shape index (κ3) is 3.85. The summed E-state index contributed by atoms with van der Waals surface area (Å²) in [6, 6.07) is 5.13. The van der Waals surface area contributed by atoms with Crippen LogP contribution in [0.4, 0.5) is 11.4 Å². The number of nitro benzene ring substituents is 1. The van der Waals surface area contributed by atoms with Gasteiger partial charge in [0.2, 0.25) is 0 Å². The Kier molecular flexibility index (Phi) is 4.67. The number of anilines is 1. The summed E-state index contributed by atoms with van der Waals surface area (Å²) >= 11 is 0. The van der Waals surface area contributed by atoms with E-state index < -0.39 is 4.92 Å². The second-order valence-corrected chi connectivity index (χ2v) is 5.99. The third-order valence-corrected chi connectivity index (χ3v) is 3.54. The molecule has 0 bridgehead atoms. The van der Waals surface area contributed by atoms with Gasteiger partial charge in [0, 0.05) is 43.0 Å². The molecule has 0 amide bonds. The topological polar surface area (TPSA) is 67.6 Å². The summed E-state index contributed by atoms with van der Waals surface area (Å²) < 4.78 is 5.55. The van der Waals surface area contributed by atoms with E-state index in [1.807, 2.05) is 6.92 Å². The van der Waals surface area contributed by atoms with E-state index in [1.54, 1.807) is 12.1 Å². The minimum atomic E-state index is -0.392. The fourth-order valence-corrected chi connectivity index (χ4v) is 2.54. The lowest BCUT2D eigenvalue weighted by molar-refractivity contribution is -0.385. The molecule has 1 aliphatic heterocycles. The number of piperazine rings is 1. The summed E-state index contributed by atoms with van der Waals surface area (Å²) in [6.07, 6.45) is 0.821. The SMILES string of the molecule is CCCOc1cc(N2CCNC(C)(C)C2)ccc1[N+](=O)[O-]. The normalized spacial score (nSPS) is 17.6. The molecule has 21 heavy (non-hydrogen) atoms. The number of hydrogen-bond donors (Lipinski definition) is 1. The van der Waals surface area contributed by atoms with E-state index in [0.29, 0.717) is 12.4 Å². The first-order valence-corrected chi connectivity index (χ1v) is 7.34. The fraction of sp³-hybridized carbons (Fsp3) is 0.600. The van der Waals surface area contributed by atoms with Crippen LogP contribution in [0.25, 0.3) is 0 Å². The Morgan fingerprint density at radius 1 is 1.48 bits per heavy atom. The Hall–Kier alpha value is -1.82. The maximum absolute atomic E-state index is 11.1. The molecule has 0 radical (unpaired) electrons. The predicted molar refractivity (Wildman–Crippen MR) is 83.2 cm³/mol. The maximum Gasteiger partial charge on any atom is 0.311 e. The molecule has 0 atom stereocenters. The molecule has 1 heterocycles. The second-order valence-electron chi connectivity index (χ2n) is 5.99. The highest BCUT2D eigenvalue weighted by Gasteiger charge is 2.27. The molecule has 0 aromatic heterocycles. The molecule has 0 spiro atoms. The van der Waals surface area contributed by atoms with E-state index in [2.05, 4.69) is 24.1 Å². The highest BCUT2D eigenvalue weighted by Crippen LogP contribution is 2.32. The molecule has 6 heteroatoms. The zero-order valence-corrected chi connectivity index (χ0v) is 12.9. The smallest absolute Gasteiger partial charge is 0.311 e. The minimum Gasteiger partial charge on any atom is -0.487 e. The molecular formula is C15H23N3O3. The van der Waals surface area contributed by atoms with Gasteiger partial charge in [0.1, 0.15) is 0 Å². The molecular weight excluding hydrogens is 270 g/mol. The van der Waals surface area contributed by atoms with Crippen molar-refractivity contribution in [2.24, 2.45) is 0 Å². The summed E-state index contributed by atoms with van der Waals surface area (Å²) in [5.74, 6) is 0.357. The monoisotopic (exact) mass is 293 g/mol. The number of rotatable bonds is 5. The van der Waals surface area contributed by atoms with Crippen molar-refractivity contribution in [2.75, 3.05) is 31.1 Å². The van der Waals surface area contributed by atoms with Crippen LogP contribution in [-0.4, -0.2) is 36.7 Å². The molecule has 2 rings (SSSR count). The van der Waals surface area contributed by atoms with E-state index in [-0.39, 0.29) is 11.2 Å². The maximum atomic E-state index is 11.1. The average molecular weight is 293 g/mol. The summed E-state index contributed by atoms with van der Waals surface area (Å²) in [4.78, 5) is 12.9. The van der Waals surface area contributed by atoms with Crippen molar-refractivity contribution >= 4 is 11.4 Å². The lowest BCUT2D eigenvalue weighted by Crippen LogP contribution is -2.57. The Balaban J connectivity index is 2.26. The van der Waals surface area contributed by atoms with Crippen molar-refractivity contribution in [3.8, 4) is 5.75 Å². The zero-order valence-electron chi connectivity index (χ0n) is 12.9. The third-order valence-electron chi connectivity index (χ3n) is 3.54. The number of nitrogens with one attached hydrogen (secondary N) is 1. The van der Waals surface area contributed by atoms with Crippen LogP contribution in [0.15, 0.2) is 18.2 Å². The molecule has 6 nitrogen and oxygen atoms in total. The summed E-state index contributed by atoms with van der Waals surface area (Å²) in [5, 5.41) is 14.5. The molecule has 1 aromatic rings. The number of nitro groups is 1. The Morgan fingerprint density at radius 2 is 2.24 bits per heavy atom. The summed E-state index contributed by atoms with van der Waals surface area (Å²) in [7, 11) is 0. The van der Waals surface area contributed by atoms with Gasteiger partial charge in [0.15, 0.2) is 5.75 Å². The van der Waals surface area contributed by atoms with Crippen LogP contribution in [0.3, 0.4) is 0 Å². The van der Waals surface area contributed by atoms with Crippen molar-refractivity contribution in [3.05, 3.63) is 28.3 Å². The van der Waals surface area contributed by atoms with Crippen molar-refractivity contribution < 1.29 is 9.66 Å². The van der Waals surface area contributed by atoms with Crippen LogP contribution in [0.1, 0.15) is 27.2 Å². The van der Waals surface area contributed by atoms with E-state index >= 15 is 0 Å². The van der Waals surface area contributed by atoms with Gasteiger partial charge in [-0.3, -0.25) is 10.1 Å². The van der Waals surface area contributed by atoms with Crippen molar-refractivity contribution in [1.82, 2.24) is 5.32 Å². The van der Waals surface area contributed by atoms with E-state index in [1.165, 1.54) is 6.07 Å². The fourth-order valence-electron chi connectivity index (χ4n) is 2.54. The quantitative estimate of drug-likeness (QED) is 0.667. The van der Waals surface area contributed by atoms with Gasteiger partial charge in [-0.1, -0.05) is 6.92 Å². The molecule has 1 fully saturated rings. The Morgan fingerprint density at radius 3 is 2.86 bits per heavy atom. The number of nitrogens with zero attached hydrogens (tertiary/aromatic N) is 2. The van der Waals surface area contributed by atoms with Crippen LogP contribution in [0.5, 0.6) is 5.75 Å². The van der Waals surface area contributed by atoms with Crippen LogP contribution in [-0.2, 0) is 0 Å². The van der Waals surface area contributed by atoms with Crippen LogP contribution in [0.2, 0.25) is 0 Å². The Labute approximate surface area is 125 Å². The van der Waals surface area contributed by atoms with E-state index in [9.17, 15) is 10.1 Å². The molecule has 0 unspecified atom stereocenters. The lowest BCUT2D eigenvalue weighted by atomic mass is 10.0. The molecule has 1 aliphatic rings. The summed E-state index contributed by atoms with van der Waals surface area (Å²) in [6.45, 7) is 9.41. The largest absolute Gasteiger partial charge is 0.487 e.